The van der Waals surface area contributed by atoms with Gasteiger partial charge in [-0.25, -0.2) is 4.79 Å². The van der Waals surface area contributed by atoms with Gasteiger partial charge < -0.3 is 20.5 Å². The van der Waals surface area contributed by atoms with Crippen LogP contribution in [0.5, 0.6) is 0 Å². The lowest BCUT2D eigenvalue weighted by Gasteiger charge is -2.15. The molecule has 1 aromatic rings. The van der Waals surface area contributed by atoms with E-state index in [0.717, 1.165) is 5.56 Å². The molecule has 0 aliphatic carbocycles. The van der Waals surface area contributed by atoms with Crippen molar-refractivity contribution in [1.29, 1.82) is 0 Å². The number of amides is 2. The van der Waals surface area contributed by atoms with E-state index in [9.17, 15) is 14.4 Å². The molecule has 0 unspecified atom stereocenters. The molecule has 0 aliphatic heterocycles. The Kier molecular flexibility index (Phi) is 7.45. The van der Waals surface area contributed by atoms with Crippen LogP contribution in [0.25, 0.3) is 0 Å². The highest BCUT2D eigenvalue weighted by molar-refractivity contribution is 5.84. The van der Waals surface area contributed by atoms with Crippen molar-refractivity contribution in [3.8, 4) is 0 Å². The van der Waals surface area contributed by atoms with Crippen LogP contribution in [-0.4, -0.2) is 30.6 Å². The van der Waals surface area contributed by atoms with Gasteiger partial charge >= 0.3 is 12.1 Å². The van der Waals surface area contributed by atoms with Gasteiger partial charge in [-0.1, -0.05) is 30.3 Å². The summed E-state index contributed by atoms with van der Waals surface area (Å²) in [5.74, 6) is -1.19. The van der Waals surface area contributed by atoms with Crippen LogP contribution in [0.2, 0.25) is 0 Å². The smallest absolute Gasteiger partial charge is 0.408 e. The molecule has 0 fully saturated rings. The van der Waals surface area contributed by atoms with E-state index in [-0.39, 0.29) is 26.1 Å². The van der Waals surface area contributed by atoms with Crippen LogP contribution >= 0.6 is 0 Å². The Morgan fingerprint density at radius 2 is 1.86 bits per heavy atom. The van der Waals surface area contributed by atoms with Crippen molar-refractivity contribution in [3.05, 3.63) is 35.9 Å². The van der Waals surface area contributed by atoms with Gasteiger partial charge in [-0.05, 0) is 18.9 Å². The first-order valence-electron chi connectivity index (χ1n) is 6.95. The third-order valence-corrected chi connectivity index (χ3v) is 2.79. The second kappa shape index (κ2) is 9.38. The molecule has 7 heteroatoms. The Balaban J connectivity index is 2.40. The molecule has 0 saturated carbocycles. The number of nitrogens with one attached hydrogen (secondary N) is 1. The number of hydrogen-bond acceptors (Lipinski definition) is 5. The first-order valence-corrected chi connectivity index (χ1v) is 6.95. The minimum absolute atomic E-state index is 0.0135. The maximum Gasteiger partial charge on any atom is 0.408 e. The van der Waals surface area contributed by atoms with E-state index in [4.69, 9.17) is 15.2 Å². The number of rotatable bonds is 8. The fraction of sp³-hybridized carbons (Fsp3) is 0.400. The topological polar surface area (TPSA) is 108 Å². The number of carbonyl (C=O) groups is 3. The van der Waals surface area contributed by atoms with Crippen molar-refractivity contribution in [2.75, 3.05) is 6.61 Å². The van der Waals surface area contributed by atoms with Gasteiger partial charge in [0.15, 0.2) is 0 Å². The van der Waals surface area contributed by atoms with Crippen LogP contribution in [0.1, 0.15) is 25.3 Å². The molecule has 1 atom stereocenters. The second-order valence-electron chi connectivity index (χ2n) is 4.50. The quantitative estimate of drug-likeness (QED) is 0.699. The zero-order chi connectivity index (χ0) is 16.4. The van der Waals surface area contributed by atoms with Crippen molar-refractivity contribution < 1.29 is 23.9 Å². The summed E-state index contributed by atoms with van der Waals surface area (Å²) in [6.45, 7) is 2.02. The van der Waals surface area contributed by atoms with Crippen molar-refractivity contribution in [2.45, 2.75) is 32.4 Å². The Morgan fingerprint density at radius 1 is 1.18 bits per heavy atom. The van der Waals surface area contributed by atoms with Gasteiger partial charge in [0.05, 0.1) is 6.61 Å². The first-order chi connectivity index (χ1) is 10.5. The molecule has 1 rings (SSSR count). The summed E-state index contributed by atoms with van der Waals surface area (Å²) in [7, 11) is 0. The second-order valence-corrected chi connectivity index (χ2v) is 4.50. The highest BCUT2D eigenvalue weighted by atomic mass is 16.5. The molecule has 0 heterocycles. The summed E-state index contributed by atoms with van der Waals surface area (Å²) in [5.41, 5.74) is 6.01. The summed E-state index contributed by atoms with van der Waals surface area (Å²) in [4.78, 5) is 34.2. The molecule has 0 aromatic heterocycles. The van der Waals surface area contributed by atoms with Gasteiger partial charge in [-0.3, -0.25) is 9.59 Å². The summed E-state index contributed by atoms with van der Waals surface area (Å²) in [5, 5.41) is 2.34. The van der Waals surface area contributed by atoms with Gasteiger partial charge in [-0.2, -0.15) is 0 Å². The average molecular weight is 308 g/mol. The van der Waals surface area contributed by atoms with Gasteiger partial charge in [0, 0.05) is 6.42 Å². The zero-order valence-electron chi connectivity index (χ0n) is 12.4. The molecule has 0 saturated heterocycles. The fourth-order valence-electron chi connectivity index (χ4n) is 1.69. The summed E-state index contributed by atoms with van der Waals surface area (Å²) >= 11 is 0. The number of primary amides is 1. The van der Waals surface area contributed by atoms with Crippen molar-refractivity contribution >= 4 is 18.0 Å². The number of esters is 1. The van der Waals surface area contributed by atoms with Gasteiger partial charge in [-0.15, -0.1) is 0 Å². The number of carbonyl (C=O) groups excluding carboxylic acids is 3. The average Bonchev–Trinajstić information content (AvgIpc) is 2.50. The molecule has 2 amide bonds. The Hall–Kier alpha value is -2.57. The highest BCUT2D eigenvalue weighted by Gasteiger charge is 2.20. The van der Waals surface area contributed by atoms with E-state index in [0.29, 0.717) is 0 Å². The van der Waals surface area contributed by atoms with E-state index in [1.54, 1.807) is 19.1 Å². The molecule has 0 aliphatic rings. The van der Waals surface area contributed by atoms with Crippen molar-refractivity contribution in [3.63, 3.8) is 0 Å². The highest BCUT2D eigenvalue weighted by Crippen LogP contribution is 2.03. The number of ether oxygens (including phenoxy) is 2. The summed E-state index contributed by atoms with van der Waals surface area (Å²) in [6, 6.07) is 8.12. The third-order valence-electron chi connectivity index (χ3n) is 2.79. The Bertz CT molecular complexity index is 504. The normalized spacial score (nSPS) is 11.3. The van der Waals surface area contributed by atoms with Crippen LogP contribution in [0.3, 0.4) is 0 Å². The molecule has 7 nitrogen and oxygen atoms in total. The van der Waals surface area contributed by atoms with Crippen LogP contribution in [0.4, 0.5) is 4.79 Å². The molecule has 22 heavy (non-hydrogen) atoms. The Labute approximate surface area is 128 Å². The van der Waals surface area contributed by atoms with E-state index in [1.807, 2.05) is 18.2 Å². The van der Waals surface area contributed by atoms with E-state index >= 15 is 0 Å². The fourth-order valence-corrected chi connectivity index (χ4v) is 1.69. The molecule has 3 N–H and O–H groups in total. The van der Waals surface area contributed by atoms with Crippen LogP contribution in [0, 0.1) is 0 Å². The first kappa shape index (κ1) is 17.5. The number of hydrogen-bond donors (Lipinski definition) is 2. The minimum Gasteiger partial charge on any atom is -0.466 e. The van der Waals surface area contributed by atoms with Crippen molar-refractivity contribution in [2.24, 2.45) is 5.73 Å². The standard InChI is InChI=1S/C15H20N2O5/c1-2-21-13(18)9-8-12(14(16)19)17-15(20)22-10-11-6-4-3-5-7-11/h3-7,12H,2,8-10H2,1H3,(H2,16,19)(H,17,20)/t12-/m0/s1. The minimum atomic E-state index is -0.979. The molecular formula is C15H20N2O5. The molecule has 0 spiro atoms. The molecule has 0 bridgehead atoms. The van der Waals surface area contributed by atoms with E-state index < -0.39 is 24.0 Å². The monoisotopic (exact) mass is 308 g/mol. The maximum atomic E-state index is 11.6. The predicted octanol–water partition coefficient (Wildman–Crippen LogP) is 1.11. The molecule has 1 aromatic carbocycles. The van der Waals surface area contributed by atoms with E-state index in [1.165, 1.54) is 0 Å². The lowest BCUT2D eigenvalue weighted by Crippen LogP contribution is -2.44. The van der Waals surface area contributed by atoms with E-state index in [2.05, 4.69) is 5.32 Å². The molecule has 0 radical (unpaired) electrons. The zero-order valence-corrected chi connectivity index (χ0v) is 12.4. The number of nitrogens with two attached hydrogens (primary N) is 1. The predicted molar refractivity (Wildman–Crippen MR) is 78.6 cm³/mol. The SMILES string of the molecule is CCOC(=O)CC[C@H](NC(=O)OCc1ccccc1)C(N)=O. The lowest BCUT2D eigenvalue weighted by atomic mass is 10.1. The molecule has 120 valence electrons. The lowest BCUT2D eigenvalue weighted by molar-refractivity contribution is -0.143. The number of benzene rings is 1. The Morgan fingerprint density at radius 3 is 2.45 bits per heavy atom. The van der Waals surface area contributed by atoms with Crippen molar-refractivity contribution in [1.82, 2.24) is 5.32 Å². The van der Waals surface area contributed by atoms with Gasteiger partial charge in [0.1, 0.15) is 12.6 Å². The molecular weight excluding hydrogens is 288 g/mol. The van der Waals surface area contributed by atoms with Gasteiger partial charge in [0.2, 0.25) is 5.91 Å². The third kappa shape index (κ3) is 6.74. The van der Waals surface area contributed by atoms with Crippen LogP contribution < -0.4 is 11.1 Å². The van der Waals surface area contributed by atoms with Crippen LogP contribution in [-0.2, 0) is 25.7 Å². The maximum absolute atomic E-state index is 11.6. The number of alkyl carbamates (subject to hydrolysis) is 1. The largest absolute Gasteiger partial charge is 0.466 e. The van der Waals surface area contributed by atoms with Gasteiger partial charge in [0.25, 0.3) is 0 Å². The van der Waals surface area contributed by atoms with Crippen LogP contribution in [0.15, 0.2) is 30.3 Å². The summed E-state index contributed by atoms with van der Waals surface area (Å²) < 4.78 is 9.74. The summed E-state index contributed by atoms with van der Waals surface area (Å²) in [6.07, 6.45) is -0.717.